The van der Waals surface area contributed by atoms with Gasteiger partial charge in [-0.1, -0.05) is 158 Å². The van der Waals surface area contributed by atoms with Gasteiger partial charge < -0.3 is 9.64 Å². The molecule has 0 aliphatic carbocycles. The molecule has 10 aromatic rings. The van der Waals surface area contributed by atoms with Gasteiger partial charge in [-0.2, -0.15) is 0 Å². The Balaban J connectivity index is 1.10. The average molecular weight is 688 g/mol. The number of anilines is 3. The highest BCUT2D eigenvalue weighted by Gasteiger charge is 2.30. The molecule has 1 aliphatic heterocycles. The van der Waals surface area contributed by atoms with Gasteiger partial charge in [0, 0.05) is 33.3 Å². The summed E-state index contributed by atoms with van der Waals surface area (Å²) in [5.74, 6) is 1.75. The normalized spacial score (nSPS) is 11.9. The van der Waals surface area contributed by atoms with E-state index in [1.165, 1.54) is 49.0 Å². The molecule has 0 unspecified atom stereocenters. The molecule has 0 saturated carbocycles. The Labute approximate surface area is 313 Å². The van der Waals surface area contributed by atoms with Gasteiger partial charge in [0.15, 0.2) is 5.75 Å². The first-order valence-corrected chi connectivity index (χ1v) is 18.5. The van der Waals surface area contributed by atoms with Crippen LogP contribution in [0.3, 0.4) is 0 Å². The topological polar surface area (TPSA) is 12.5 Å². The van der Waals surface area contributed by atoms with Gasteiger partial charge >= 0.3 is 0 Å². The number of nitrogens with zero attached hydrogens (tertiary/aromatic N) is 1. The second-order valence-electron chi connectivity index (χ2n) is 14.1. The Morgan fingerprint density at radius 1 is 0.315 bits per heavy atom. The van der Waals surface area contributed by atoms with Gasteiger partial charge in [-0.15, -0.1) is 0 Å². The van der Waals surface area contributed by atoms with Crippen molar-refractivity contribution in [3.8, 4) is 44.9 Å². The standard InChI is InChI=1S/C52H33NO/c1-3-15-41(16-4-1)53(42-17-5-2-6-18-42)50-47-20-10-9-19-44(47)45-22-12-23-46-48-24-11-21-43(51(48)54-52(50)49(45)46)40-30-29-38-32-37(27-28-39(38)33-40)36-26-25-34-13-7-8-14-35(34)31-36/h1-33H. The molecule has 0 saturated heterocycles. The van der Waals surface area contributed by atoms with Crippen LogP contribution in [0, 0.1) is 0 Å². The van der Waals surface area contributed by atoms with Crippen LogP contribution in [-0.4, -0.2) is 0 Å². The molecule has 11 rings (SSSR count). The monoisotopic (exact) mass is 687 g/mol. The summed E-state index contributed by atoms with van der Waals surface area (Å²) in [6, 6.07) is 72.0. The van der Waals surface area contributed by atoms with Crippen LogP contribution in [0.5, 0.6) is 11.5 Å². The number of rotatable bonds is 5. The summed E-state index contributed by atoms with van der Waals surface area (Å²) in [6.45, 7) is 0. The second-order valence-corrected chi connectivity index (χ2v) is 14.1. The van der Waals surface area contributed by atoms with E-state index in [1.807, 2.05) is 0 Å². The molecular weight excluding hydrogens is 655 g/mol. The van der Waals surface area contributed by atoms with Crippen LogP contribution >= 0.6 is 0 Å². The fraction of sp³-hybridized carbons (Fsp3) is 0. The summed E-state index contributed by atoms with van der Waals surface area (Å²) in [7, 11) is 0. The van der Waals surface area contributed by atoms with Crippen molar-refractivity contribution in [1.82, 2.24) is 0 Å². The lowest BCUT2D eigenvalue weighted by Crippen LogP contribution is -2.13. The molecular formula is C52H33NO. The highest BCUT2D eigenvalue weighted by molar-refractivity contribution is 6.23. The van der Waals surface area contributed by atoms with E-state index in [0.717, 1.165) is 56.0 Å². The molecule has 0 radical (unpaired) electrons. The van der Waals surface area contributed by atoms with E-state index in [1.54, 1.807) is 0 Å². The lowest BCUT2D eigenvalue weighted by Gasteiger charge is -2.32. The molecule has 0 amide bonds. The van der Waals surface area contributed by atoms with E-state index in [2.05, 4.69) is 205 Å². The van der Waals surface area contributed by atoms with Crippen molar-refractivity contribution in [3.63, 3.8) is 0 Å². The third-order valence-electron chi connectivity index (χ3n) is 11.0. The average Bonchev–Trinajstić information content (AvgIpc) is 3.25. The maximum Gasteiger partial charge on any atom is 0.160 e. The van der Waals surface area contributed by atoms with Gasteiger partial charge in [0.1, 0.15) is 5.75 Å². The SMILES string of the molecule is c1ccc(N(c2ccccc2)c2c3c4c(cccc4c4ccccc24)-c2cccc(-c4ccc5cc(-c6ccc7ccccc7c6)ccc5c4)c2O3)cc1. The zero-order valence-corrected chi connectivity index (χ0v) is 29.4. The third kappa shape index (κ3) is 4.81. The Morgan fingerprint density at radius 3 is 1.54 bits per heavy atom. The summed E-state index contributed by atoms with van der Waals surface area (Å²) in [6.07, 6.45) is 0. The summed E-state index contributed by atoms with van der Waals surface area (Å²) < 4.78 is 7.38. The predicted octanol–water partition coefficient (Wildman–Crippen LogP) is 14.9. The highest BCUT2D eigenvalue weighted by atomic mass is 16.5. The first-order chi connectivity index (χ1) is 26.8. The molecule has 0 N–H and O–H groups in total. The number of fused-ring (bicyclic) bond motifs is 6. The van der Waals surface area contributed by atoms with Crippen molar-refractivity contribution in [3.05, 3.63) is 200 Å². The lowest BCUT2D eigenvalue weighted by atomic mass is 9.88. The van der Waals surface area contributed by atoms with Gasteiger partial charge in [0.05, 0.1) is 5.69 Å². The second kappa shape index (κ2) is 12.2. The molecule has 2 nitrogen and oxygen atoms in total. The Kier molecular flexibility index (Phi) is 6.90. The Hall–Kier alpha value is -7.16. The number of para-hydroxylation sites is 3. The maximum absolute atomic E-state index is 7.38. The first-order valence-electron chi connectivity index (χ1n) is 18.5. The molecule has 2 heteroatoms. The van der Waals surface area contributed by atoms with Gasteiger partial charge in [0.2, 0.25) is 0 Å². The van der Waals surface area contributed by atoms with Crippen molar-refractivity contribution in [1.29, 1.82) is 0 Å². The highest BCUT2D eigenvalue weighted by Crippen LogP contribution is 2.57. The van der Waals surface area contributed by atoms with Crippen LogP contribution in [0.25, 0.3) is 76.5 Å². The third-order valence-corrected chi connectivity index (χ3v) is 11.0. The Morgan fingerprint density at radius 2 is 0.815 bits per heavy atom. The van der Waals surface area contributed by atoms with E-state index in [9.17, 15) is 0 Å². The minimum Gasteiger partial charge on any atom is -0.453 e. The van der Waals surface area contributed by atoms with Crippen LogP contribution in [0.1, 0.15) is 0 Å². The van der Waals surface area contributed by atoms with Crippen LogP contribution in [0.2, 0.25) is 0 Å². The van der Waals surface area contributed by atoms with Crippen LogP contribution in [0.4, 0.5) is 17.1 Å². The van der Waals surface area contributed by atoms with Crippen molar-refractivity contribution < 1.29 is 4.74 Å². The van der Waals surface area contributed by atoms with Crippen molar-refractivity contribution in [2.75, 3.05) is 4.90 Å². The summed E-state index contributed by atoms with van der Waals surface area (Å²) in [5, 5.41) is 9.57. The number of hydrogen-bond donors (Lipinski definition) is 0. The molecule has 0 bridgehead atoms. The van der Waals surface area contributed by atoms with Crippen molar-refractivity contribution in [2.24, 2.45) is 0 Å². The molecule has 0 spiro atoms. The molecule has 0 fully saturated rings. The molecule has 54 heavy (non-hydrogen) atoms. The number of ether oxygens (including phenoxy) is 1. The van der Waals surface area contributed by atoms with E-state index in [-0.39, 0.29) is 0 Å². The molecule has 1 aliphatic rings. The van der Waals surface area contributed by atoms with E-state index >= 15 is 0 Å². The minimum atomic E-state index is 0.868. The van der Waals surface area contributed by atoms with E-state index in [0.29, 0.717) is 0 Å². The molecule has 0 aromatic heterocycles. The number of benzene rings is 10. The smallest absolute Gasteiger partial charge is 0.160 e. The summed E-state index contributed by atoms with van der Waals surface area (Å²) >= 11 is 0. The zero-order valence-electron chi connectivity index (χ0n) is 29.4. The summed E-state index contributed by atoms with van der Waals surface area (Å²) in [5.41, 5.74) is 10.1. The van der Waals surface area contributed by atoms with Crippen LogP contribution in [0.15, 0.2) is 200 Å². The minimum absolute atomic E-state index is 0.868. The summed E-state index contributed by atoms with van der Waals surface area (Å²) in [4.78, 5) is 2.35. The lowest BCUT2D eigenvalue weighted by molar-refractivity contribution is 0.490. The quantitative estimate of drug-likeness (QED) is 0.167. The Bertz CT molecular complexity index is 3040. The fourth-order valence-electron chi connectivity index (χ4n) is 8.44. The maximum atomic E-state index is 7.38. The van der Waals surface area contributed by atoms with Gasteiger partial charge in [-0.05, 0) is 97.0 Å². The largest absolute Gasteiger partial charge is 0.453 e. The molecule has 0 atom stereocenters. The molecule has 1 heterocycles. The number of hydrogen-bond acceptors (Lipinski definition) is 2. The van der Waals surface area contributed by atoms with Gasteiger partial charge in [-0.3, -0.25) is 0 Å². The van der Waals surface area contributed by atoms with Gasteiger partial charge in [-0.25, -0.2) is 0 Å². The molecule has 10 aromatic carbocycles. The van der Waals surface area contributed by atoms with E-state index in [4.69, 9.17) is 4.74 Å². The molecule has 252 valence electrons. The zero-order chi connectivity index (χ0) is 35.6. The predicted molar refractivity (Wildman–Crippen MR) is 228 cm³/mol. The van der Waals surface area contributed by atoms with Crippen molar-refractivity contribution in [2.45, 2.75) is 0 Å². The van der Waals surface area contributed by atoms with E-state index < -0.39 is 0 Å². The van der Waals surface area contributed by atoms with Crippen LogP contribution in [-0.2, 0) is 0 Å². The van der Waals surface area contributed by atoms with Crippen LogP contribution < -0.4 is 9.64 Å². The fourth-order valence-corrected chi connectivity index (χ4v) is 8.44. The first kappa shape index (κ1) is 30.5. The van der Waals surface area contributed by atoms with Gasteiger partial charge in [0.25, 0.3) is 0 Å². The van der Waals surface area contributed by atoms with Crippen molar-refractivity contribution >= 4 is 60.2 Å².